The number of hydrogen-bond donors (Lipinski definition) is 0. The zero-order valence-electron chi connectivity index (χ0n) is 17.6. The van der Waals surface area contributed by atoms with Gasteiger partial charge in [0, 0.05) is 0 Å². The largest absolute Gasteiger partial charge is 0.0848 e. The maximum atomic E-state index is 2.63. The van der Waals surface area contributed by atoms with E-state index in [0.29, 0.717) is 0 Å². The first-order valence-electron chi connectivity index (χ1n) is 11.0. The van der Waals surface area contributed by atoms with E-state index in [2.05, 4.69) is 19.9 Å². The lowest BCUT2D eigenvalue weighted by atomic mass is 9.58. The average molecular weight is 323 g/mol. The van der Waals surface area contributed by atoms with Crippen LogP contribution in [0.15, 0.2) is 11.6 Å². The minimum atomic E-state index is 0.945. The van der Waals surface area contributed by atoms with Gasteiger partial charge in [0.2, 0.25) is 0 Å². The fourth-order valence-corrected chi connectivity index (χ4v) is 5.46. The van der Waals surface area contributed by atoms with E-state index < -0.39 is 0 Å². The molecule has 0 nitrogen and oxygen atoms in total. The molecule has 0 aromatic heterocycles. The summed E-state index contributed by atoms with van der Waals surface area (Å²) in [6.07, 6.45) is 14.5. The van der Waals surface area contributed by atoms with E-state index in [1.807, 2.05) is 41.5 Å². The molecule has 3 aliphatic rings. The Bertz CT molecular complexity index is 301. The van der Waals surface area contributed by atoms with Crippen LogP contribution in [0.5, 0.6) is 0 Å². The summed E-state index contributed by atoms with van der Waals surface area (Å²) in [6.45, 7) is 16.8. The quantitative estimate of drug-likeness (QED) is 0.449. The summed E-state index contributed by atoms with van der Waals surface area (Å²) >= 11 is 0. The molecule has 5 atom stereocenters. The normalized spacial score (nSPS) is 34.1. The van der Waals surface area contributed by atoms with E-state index in [0.717, 1.165) is 29.6 Å². The lowest BCUT2D eigenvalue weighted by Gasteiger charge is -2.47. The van der Waals surface area contributed by atoms with E-state index in [-0.39, 0.29) is 0 Å². The second-order valence-corrected chi connectivity index (χ2v) is 6.64. The number of rotatable bonds is 2. The Labute approximate surface area is 148 Å². The van der Waals surface area contributed by atoms with Crippen LogP contribution in [0.25, 0.3) is 0 Å². The zero-order chi connectivity index (χ0) is 17.8. The predicted molar refractivity (Wildman–Crippen MR) is 108 cm³/mol. The van der Waals surface area contributed by atoms with Gasteiger partial charge in [0.15, 0.2) is 0 Å². The van der Waals surface area contributed by atoms with Gasteiger partial charge >= 0.3 is 0 Å². The molecular formula is C23H46. The molecule has 3 aliphatic carbocycles. The van der Waals surface area contributed by atoms with Crippen LogP contribution in [-0.2, 0) is 0 Å². The molecule has 2 fully saturated rings. The number of hydrogen-bond acceptors (Lipinski definition) is 0. The predicted octanol–water partition coefficient (Wildman–Crippen LogP) is 8.27. The van der Waals surface area contributed by atoms with Crippen LogP contribution in [0.2, 0.25) is 0 Å². The molecule has 0 amide bonds. The lowest BCUT2D eigenvalue weighted by Crippen LogP contribution is -2.38. The van der Waals surface area contributed by atoms with E-state index in [1.165, 1.54) is 25.7 Å². The summed E-state index contributed by atoms with van der Waals surface area (Å²) in [7, 11) is 0. The third kappa shape index (κ3) is 5.36. The van der Waals surface area contributed by atoms with Crippen LogP contribution < -0.4 is 0 Å². The number of allylic oxidation sites excluding steroid dienone is 2. The SMILES string of the molecule is CC.CC.CC.CCC1=CCC2C3CCCC3CCC2C1CC. The van der Waals surface area contributed by atoms with Crippen LogP contribution in [0.3, 0.4) is 0 Å². The van der Waals surface area contributed by atoms with Gasteiger partial charge in [-0.1, -0.05) is 79.9 Å². The summed E-state index contributed by atoms with van der Waals surface area (Å²) in [5.74, 6) is 5.29. The molecule has 0 heteroatoms. The smallest absolute Gasteiger partial charge is 0.0175 e. The number of fused-ring (bicyclic) bond motifs is 3. The second-order valence-electron chi connectivity index (χ2n) is 6.64. The molecule has 0 spiro atoms. The lowest BCUT2D eigenvalue weighted by molar-refractivity contribution is 0.0705. The molecule has 0 heterocycles. The Morgan fingerprint density at radius 1 is 0.783 bits per heavy atom. The fraction of sp³-hybridized carbons (Fsp3) is 0.913. The van der Waals surface area contributed by atoms with Crippen molar-refractivity contribution in [3.63, 3.8) is 0 Å². The van der Waals surface area contributed by atoms with E-state index in [1.54, 1.807) is 31.3 Å². The Morgan fingerprint density at radius 2 is 1.43 bits per heavy atom. The fourth-order valence-electron chi connectivity index (χ4n) is 5.46. The summed E-state index contributed by atoms with van der Waals surface area (Å²) in [6, 6.07) is 0. The first-order valence-corrected chi connectivity index (χ1v) is 11.0. The highest BCUT2D eigenvalue weighted by Crippen LogP contribution is 2.54. The molecule has 0 aromatic carbocycles. The molecular weight excluding hydrogens is 276 g/mol. The molecule has 3 rings (SSSR count). The molecule has 0 N–H and O–H groups in total. The van der Waals surface area contributed by atoms with Crippen LogP contribution >= 0.6 is 0 Å². The van der Waals surface area contributed by atoms with Crippen molar-refractivity contribution >= 4 is 0 Å². The van der Waals surface area contributed by atoms with Gasteiger partial charge < -0.3 is 0 Å². The maximum Gasteiger partial charge on any atom is -0.0175 e. The molecule has 0 saturated heterocycles. The summed E-state index contributed by atoms with van der Waals surface area (Å²) in [5, 5.41) is 0. The van der Waals surface area contributed by atoms with Crippen LogP contribution in [0.1, 0.15) is 107 Å². The Kier molecular flexibility index (Phi) is 12.9. The van der Waals surface area contributed by atoms with Gasteiger partial charge in [0.05, 0.1) is 0 Å². The van der Waals surface area contributed by atoms with E-state index in [9.17, 15) is 0 Å². The standard InChI is InChI=1S/C17H28.3C2H6/c1-3-12-8-10-17-15-7-5-6-13(15)9-11-16(17)14(12)4-2;3*1-2/h8,13-17H,3-7,9-11H2,1-2H3;3*1-2H3. The minimum Gasteiger partial charge on any atom is -0.0848 e. The molecule has 5 unspecified atom stereocenters. The third-order valence-electron chi connectivity index (χ3n) is 6.18. The van der Waals surface area contributed by atoms with Gasteiger partial charge in [-0.15, -0.1) is 0 Å². The third-order valence-corrected chi connectivity index (χ3v) is 6.18. The van der Waals surface area contributed by atoms with Crippen molar-refractivity contribution in [1.29, 1.82) is 0 Å². The molecule has 138 valence electrons. The molecule has 0 radical (unpaired) electrons. The van der Waals surface area contributed by atoms with E-state index in [4.69, 9.17) is 0 Å². The van der Waals surface area contributed by atoms with Gasteiger partial charge in [-0.3, -0.25) is 0 Å². The Morgan fingerprint density at radius 3 is 2.00 bits per heavy atom. The highest BCUT2D eigenvalue weighted by molar-refractivity contribution is 5.15. The van der Waals surface area contributed by atoms with Crippen molar-refractivity contribution in [2.45, 2.75) is 107 Å². The summed E-state index contributed by atoms with van der Waals surface area (Å²) < 4.78 is 0. The molecule has 0 aromatic rings. The highest BCUT2D eigenvalue weighted by Gasteiger charge is 2.45. The molecule has 0 aliphatic heterocycles. The molecule has 23 heavy (non-hydrogen) atoms. The zero-order valence-corrected chi connectivity index (χ0v) is 17.6. The summed E-state index contributed by atoms with van der Waals surface area (Å²) in [5.41, 5.74) is 1.80. The van der Waals surface area contributed by atoms with Crippen LogP contribution in [0.4, 0.5) is 0 Å². The first kappa shape index (κ1) is 22.7. The van der Waals surface area contributed by atoms with Crippen molar-refractivity contribution < 1.29 is 0 Å². The minimum absolute atomic E-state index is 0.945. The topological polar surface area (TPSA) is 0 Å². The van der Waals surface area contributed by atoms with Gasteiger partial charge in [-0.05, 0) is 68.1 Å². The van der Waals surface area contributed by atoms with Crippen molar-refractivity contribution in [1.82, 2.24) is 0 Å². The van der Waals surface area contributed by atoms with Crippen LogP contribution in [-0.4, -0.2) is 0 Å². The second kappa shape index (κ2) is 13.1. The summed E-state index contributed by atoms with van der Waals surface area (Å²) in [4.78, 5) is 0. The van der Waals surface area contributed by atoms with Crippen LogP contribution in [0, 0.1) is 29.6 Å². The first-order chi connectivity index (χ1) is 11.3. The van der Waals surface area contributed by atoms with Crippen molar-refractivity contribution in [3.05, 3.63) is 11.6 Å². The monoisotopic (exact) mass is 322 g/mol. The molecule has 0 bridgehead atoms. The Hall–Kier alpha value is -0.260. The van der Waals surface area contributed by atoms with Gasteiger partial charge in [0.1, 0.15) is 0 Å². The van der Waals surface area contributed by atoms with Gasteiger partial charge in [-0.25, -0.2) is 0 Å². The van der Waals surface area contributed by atoms with Crippen molar-refractivity contribution in [2.24, 2.45) is 29.6 Å². The maximum absolute atomic E-state index is 2.63. The van der Waals surface area contributed by atoms with Gasteiger partial charge in [-0.2, -0.15) is 0 Å². The molecule has 2 saturated carbocycles. The Balaban J connectivity index is 0.000000728. The highest BCUT2D eigenvalue weighted by atomic mass is 14.5. The van der Waals surface area contributed by atoms with Gasteiger partial charge in [0.25, 0.3) is 0 Å². The average Bonchev–Trinajstić information content (AvgIpc) is 3.14. The van der Waals surface area contributed by atoms with E-state index >= 15 is 0 Å². The van der Waals surface area contributed by atoms with Crippen molar-refractivity contribution in [2.75, 3.05) is 0 Å². The van der Waals surface area contributed by atoms with Crippen molar-refractivity contribution in [3.8, 4) is 0 Å².